The van der Waals surface area contributed by atoms with Gasteiger partial charge in [0.1, 0.15) is 6.54 Å². The van der Waals surface area contributed by atoms with Crippen molar-refractivity contribution in [1.29, 1.82) is 0 Å². The number of carbonyl (C=O) groups excluding carboxylic acids is 2. The molecule has 0 unspecified atom stereocenters. The van der Waals surface area contributed by atoms with Gasteiger partial charge in [0.05, 0.1) is 0 Å². The molecule has 1 saturated heterocycles. The van der Waals surface area contributed by atoms with Crippen LogP contribution in [0.15, 0.2) is 28.7 Å². The predicted molar refractivity (Wildman–Crippen MR) is 76.5 cm³/mol. The first-order valence-corrected chi connectivity index (χ1v) is 7.10. The van der Waals surface area contributed by atoms with Gasteiger partial charge in [-0.3, -0.25) is 9.69 Å². The number of imide groups is 1. The van der Waals surface area contributed by atoms with Crippen LogP contribution in [0.25, 0.3) is 0 Å². The van der Waals surface area contributed by atoms with Gasteiger partial charge in [-0.2, -0.15) is 0 Å². The van der Waals surface area contributed by atoms with Crippen molar-refractivity contribution in [3.63, 3.8) is 0 Å². The van der Waals surface area contributed by atoms with E-state index in [1.165, 1.54) is 4.90 Å². The van der Waals surface area contributed by atoms with Crippen LogP contribution in [-0.2, 0) is 11.3 Å². The maximum absolute atomic E-state index is 12.1. The number of benzene rings is 1. The van der Waals surface area contributed by atoms with Crippen molar-refractivity contribution >= 4 is 27.9 Å². The van der Waals surface area contributed by atoms with Gasteiger partial charge >= 0.3 is 6.03 Å². The van der Waals surface area contributed by atoms with E-state index in [1.807, 2.05) is 38.1 Å². The Morgan fingerprint density at radius 2 is 1.84 bits per heavy atom. The Balaban J connectivity index is 2.04. The maximum Gasteiger partial charge on any atom is 0.327 e. The third kappa shape index (κ3) is 3.35. The number of carbonyl (C=O) groups is 2. The summed E-state index contributed by atoms with van der Waals surface area (Å²) in [6.45, 7) is 5.15. The Bertz CT molecular complexity index is 485. The second-order valence-corrected chi connectivity index (χ2v) is 6.08. The lowest BCUT2D eigenvalue weighted by Gasteiger charge is -2.18. The minimum atomic E-state index is -0.179. The Morgan fingerprint density at radius 3 is 2.42 bits per heavy atom. The molecule has 0 aromatic heterocycles. The van der Waals surface area contributed by atoms with E-state index < -0.39 is 0 Å². The van der Waals surface area contributed by atoms with Crippen LogP contribution in [0.3, 0.4) is 0 Å². The van der Waals surface area contributed by atoms with E-state index in [-0.39, 0.29) is 18.5 Å². The molecule has 1 aliphatic rings. The normalized spacial score (nSPS) is 15.8. The van der Waals surface area contributed by atoms with Crippen molar-refractivity contribution in [2.75, 3.05) is 13.1 Å². The molecule has 102 valence electrons. The lowest BCUT2D eigenvalue weighted by molar-refractivity contribution is -0.125. The van der Waals surface area contributed by atoms with E-state index in [4.69, 9.17) is 0 Å². The number of urea groups is 1. The maximum atomic E-state index is 12.1. The standard InChI is InChI=1S/C14H17BrN2O2/c1-10(2)7-17-13(18)9-16(14(17)19)8-11-3-5-12(15)6-4-11/h3-6,10H,7-9H2,1-2H3. The summed E-state index contributed by atoms with van der Waals surface area (Å²) in [7, 11) is 0. The lowest BCUT2D eigenvalue weighted by atomic mass is 10.2. The van der Waals surface area contributed by atoms with Gasteiger partial charge in [0, 0.05) is 17.6 Å². The van der Waals surface area contributed by atoms with Crippen molar-refractivity contribution in [2.45, 2.75) is 20.4 Å². The van der Waals surface area contributed by atoms with Gasteiger partial charge in [0.15, 0.2) is 0 Å². The highest BCUT2D eigenvalue weighted by atomic mass is 79.9. The van der Waals surface area contributed by atoms with Crippen LogP contribution >= 0.6 is 15.9 Å². The predicted octanol–water partition coefficient (Wildman–Crippen LogP) is 2.87. The zero-order valence-corrected chi connectivity index (χ0v) is 12.7. The van der Waals surface area contributed by atoms with Crippen molar-refractivity contribution in [1.82, 2.24) is 9.80 Å². The molecule has 2 rings (SSSR count). The molecule has 19 heavy (non-hydrogen) atoms. The largest absolute Gasteiger partial charge is 0.327 e. The van der Waals surface area contributed by atoms with Crippen LogP contribution in [0.5, 0.6) is 0 Å². The van der Waals surface area contributed by atoms with Gasteiger partial charge < -0.3 is 4.90 Å². The average Bonchev–Trinajstić information content (AvgIpc) is 2.60. The molecule has 3 amide bonds. The fraction of sp³-hybridized carbons (Fsp3) is 0.429. The number of nitrogens with zero attached hydrogens (tertiary/aromatic N) is 2. The van der Waals surface area contributed by atoms with Gasteiger partial charge in [-0.1, -0.05) is 41.9 Å². The fourth-order valence-electron chi connectivity index (χ4n) is 2.07. The molecule has 0 spiro atoms. The summed E-state index contributed by atoms with van der Waals surface area (Å²) in [6, 6.07) is 7.59. The first-order valence-electron chi connectivity index (χ1n) is 6.31. The van der Waals surface area contributed by atoms with Crippen molar-refractivity contribution in [2.24, 2.45) is 5.92 Å². The van der Waals surface area contributed by atoms with E-state index in [0.29, 0.717) is 19.0 Å². The molecule has 1 aromatic rings. The van der Waals surface area contributed by atoms with Crippen LogP contribution in [0, 0.1) is 5.92 Å². The second kappa shape index (κ2) is 5.74. The third-order valence-corrected chi connectivity index (χ3v) is 3.49. The molecule has 4 nitrogen and oxygen atoms in total. The molecular weight excluding hydrogens is 308 g/mol. The van der Waals surface area contributed by atoms with Crippen LogP contribution in [0.4, 0.5) is 4.79 Å². The van der Waals surface area contributed by atoms with Crippen LogP contribution in [0.2, 0.25) is 0 Å². The summed E-state index contributed by atoms with van der Waals surface area (Å²) in [5.41, 5.74) is 1.02. The molecule has 0 atom stereocenters. The number of hydrogen-bond acceptors (Lipinski definition) is 2. The molecule has 0 saturated carbocycles. The van der Waals surface area contributed by atoms with Gasteiger partial charge in [0.2, 0.25) is 5.91 Å². The highest BCUT2D eigenvalue weighted by molar-refractivity contribution is 9.10. The summed E-state index contributed by atoms with van der Waals surface area (Å²) in [5, 5.41) is 0. The third-order valence-electron chi connectivity index (χ3n) is 2.96. The molecule has 1 aromatic carbocycles. The van der Waals surface area contributed by atoms with E-state index in [2.05, 4.69) is 15.9 Å². The van der Waals surface area contributed by atoms with Gasteiger partial charge in [-0.15, -0.1) is 0 Å². The van der Waals surface area contributed by atoms with Gasteiger partial charge in [-0.05, 0) is 23.6 Å². The van der Waals surface area contributed by atoms with Crippen molar-refractivity contribution in [3.05, 3.63) is 34.3 Å². The minimum absolute atomic E-state index is 0.101. The number of rotatable bonds is 4. The smallest absolute Gasteiger partial charge is 0.311 e. The Morgan fingerprint density at radius 1 is 1.21 bits per heavy atom. The quantitative estimate of drug-likeness (QED) is 0.799. The molecule has 1 aliphatic heterocycles. The molecule has 0 N–H and O–H groups in total. The topological polar surface area (TPSA) is 40.6 Å². The summed E-state index contributed by atoms with van der Waals surface area (Å²) in [4.78, 5) is 26.9. The molecule has 1 heterocycles. The first kappa shape index (κ1) is 14.1. The molecule has 1 fully saturated rings. The van der Waals surface area contributed by atoms with E-state index in [1.54, 1.807) is 4.90 Å². The Kier molecular flexibility index (Phi) is 4.24. The minimum Gasteiger partial charge on any atom is -0.311 e. The van der Waals surface area contributed by atoms with E-state index in [9.17, 15) is 9.59 Å². The van der Waals surface area contributed by atoms with Crippen LogP contribution in [-0.4, -0.2) is 34.8 Å². The van der Waals surface area contributed by atoms with Crippen molar-refractivity contribution < 1.29 is 9.59 Å². The molecule has 0 bridgehead atoms. The molecule has 0 aliphatic carbocycles. The Labute approximate surface area is 121 Å². The summed E-state index contributed by atoms with van der Waals surface area (Å²) < 4.78 is 1.00. The highest BCUT2D eigenvalue weighted by Crippen LogP contribution is 2.17. The number of hydrogen-bond donors (Lipinski definition) is 0. The Hall–Kier alpha value is -1.36. The molecule has 0 radical (unpaired) electrons. The van der Waals surface area contributed by atoms with E-state index in [0.717, 1.165) is 10.0 Å². The fourth-order valence-corrected chi connectivity index (χ4v) is 2.34. The summed E-state index contributed by atoms with van der Waals surface area (Å²) >= 11 is 3.37. The second-order valence-electron chi connectivity index (χ2n) is 5.16. The zero-order valence-electron chi connectivity index (χ0n) is 11.1. The summed E-state index contributed by atoms with van der Waals surface area (Å²) in [6.07, 6.45) is 0. The van der Waals surface area contributed by atoms with E-state index >= 15 is 0 Å². The lowest BCUT2D eigenvalue weighted by Crippen LogP contribution is -2.35. The van der Waals surface area contributed by atoms with Gasteiger partial charge in [0.25, 0.3) is 0 Å². The average molecular weight is 325 g/mol. The van der Waals surface area contributed by atoms with Gasteiger partial charge in [-0.25, -0.2) is 4.79 Å². The molecule has 5 heteroatoms. The van der Waals surface area contributed by atoms with Crippen molar-refractivity contribution in [3.8, 4) is 0 Å². The highest BCUT2D eigenvalue weighted by Gasteiger charge is 2.35. The van der Waals surface area contributed by atoms with Crippen LogP contribution in [0.1, 0.15) is 19.4 Å². The zero-order chi connectivity index (χ0) is 14.0. The molecular formula is C14H17BrN2O2. The number of amides is 3. The van der Waals surface area contributed by atoms with Crippen LogP contribution < -0.4 is 0 Å². The number of halogens is 1. The SMILES string of the molecule is CC(C)CN1C(=O)CN(Cc2ccc(Br)cc2)C1=O. The first-order chi connectivity index (χ1) is 8.97. The monoisotopic (exact) mass is 324 g/mol. The summed E-state index contributed by atoms with van der Waals surface area (Å²) in [5.74, 6) is 0.191.